The Morgan fingerprint density at radius 2 is 1.22 bits per heavy atom. The molecule has 3 aromatic carbocycles. The average Bonchev–Trinajstić information content (AvgIpc) is 4.12. The smallest absolute Gasteiger partial charge is 0.407 e. The van der Waals surface area contributed by atoms with E-state index in [1.54, 1.807) is 29.8 Å². The molecule has 2 aromatic heterocycles. The number of H-pyrrole nitrogens is 2. The van der Waals surface area contributed by atoms with Crippen LogP contribution in [0.2, 0.25) is 0 Å². The van der Waals surface area contributed by atoms with E-state index >= 15 is 0 Å². The highest BCUT2D eigenvalue weighted by Crippen LogP contribution is 2.36. The molecule has 4 atom stereocenters. The van der Waals surface area contributed by atoms with Crippen molar-refractivity contribution in [2.24, 2.45) is 0 Å². The molecule has 16 nitrogen and oxygen atoms in total. The predicted molar refractivity (Wildman–Crippen MR) is 220 cm³/mol. The molecule has 0 bridgehead atoms. The van der Waals surface area contributed by atoms with Gasteiger partial charge in [-0.2, -0.15) is 0 Å². The summed E-state index contributed by atoms with van der Waals surface area (Å²) >= 11 is 0. The monoisotopic (exact) mass is 816 g/mol. The van der Waals surface area contributed by atoms with Crippen molar-refractivity contribution in [2.75, 3.05) is 27.3 Å². The van der Waals surface area contributed by atoms with Crippen molar-refractivity contribution in [3.63, 3.8) is 0 Å². The number of amides is 4. The minimum absolute atomic E-state index is 0.0706. The average molecular weight is 817 g/mol. The van der Waals surface area contributed by atoms with Gasteiger partial charge in [0.15, 0.2) is 5.69 Å². The maximum Gasteiger partial charge on any atom is 0.407 e. The van der Waals surface area contributed by atoms with E-state index < -0.39 is 36.3 Å². The van der Waals surface area contributed by atoms with E-state index in [2.05, 4.69) is 35.1 Å². The van der Waals surface area contributed by atoms with Crippen LogP contribution in [-0.2, 0) is 30.4 Å². The molecule has 312 valence electrons. The highest BCUT2D eigenvalue weighted by Gasteiger charge is 2.37. The first kappa shape index (κ1) is 41.2. The Hall–Kier alpha value is -6.97. The number of nitrogens with zero attached hydrogens (tertiary/aromatic N) is 4. The number of methoxy groups -OCH3 is 2. The zero-order chi connectivity index (χ0) is 42.3. The molecule has 0 radical (unpaired) electrons. The number of nitrogens with one attached hydrogen (secondary N) is 4. The molecule has 0 saturated carbocycles. The second kappa shape index (κ2) is 18.3. The summed E-state index contributed by atoms with van der Waals surface area (Å²) in [6, 6.07) is 22.9. The van der Waals surface area contributed by atoms with Gasteiger partial charge in [0.05, 0.1) is 38.2 Å². The van der Waals surface area contributed by atoms with E-state index in [9.17, 15) is 24.0 Å². The lowest BCUT2D eigenvalue weighted by Gasteiger charge is -2.26. The Bertz CT molecular complexity index is 2330. The summed E-state index contributed by atoms with van der Waals surface area (Å²) in [5, 5.41) is 5.09. The third kappa shape index (κ3) is 9.02. The van der Waals surface area contributed by atoms with Crippen LogP contribution < -0.4 is 10.6 Å². The standard InChI is InChI=1S/C44H48N8O8/c1-26(46-43(56)58-3)40(53)51-22-8-12-34(51)38-45-24-33(48-38)31-18-14-29(15-19-31)30-16-20-32(21-17-30)36-37(42(55)60-25-28-10-6-5-7-11-28)50-39(49-36)35-13-9-23-52(35)41(54)27(2)47-44(57)59-4/h5-7,10-11,14-21,24,26-27,34-35H,8-9,12-13,22-23,25H2,1-4H3,(H,45,48)(H,46,56)(H,47,57)(H,49,50)/t26-,27+,34+,35?/m1/s1. The second-order valence-electron chi connectivity index (χ2n) is 14.8. The molecule has 0 spiro atoms. The van der Waals surface area contributed by atoms with Crippen molar-refractivity contribution in [1.29, 1.82) is 0 Å². The topological polar surface area (TPSA) is 201 Å². The van der Waals surface area contributed by atoms with Gasteiger partial charge < -0.3 is 44.6 Å². The Labute approximate surface area is 347 Å². The minimum atomic E-state index is -0.825. The number of likely N-dealkylation sites (tertiary alicyclic amines) is 2. The van der Waals surface area contributed by atoms with Gasteiger partial charge >= 0.3 is 18.2 Å². The summed E-state index contributed by atoms with van der Waals surface area (Å²) in [7, 11) is 2.50. The van der Waals surface area contributed by atoms with E-state index in [1.807, 2.05) is 78.9 Å². The summed E-state index contributed by atoms with van der Waals surface area (Å²) in [5.74, 6) is 0.0699. The molecule has 7 rings (SSSR count). The molecule has 1 unspecified atom stereocenters. The van der Waals surface area contributed by atoms with Gasteiger partial charge in [0, 0.05) is 18.7 Å². The first-order valence-electron chi connectivity index (χ1n) is 19.9. The molecule has 4 N–H and O–H groups in total. The van der Waals surface area contributed by atoms with Gasteiger partial charge in [0.1, 0.15) is 36.0 Å². The molecular formula is C44H48N8O8. The number of ether oxygens (including phenoxy) is 3. The maximum atomic E-state index is 13.7. The fourth-order valence-electron chi connectivity index (χ4n) is 7.74. The van der Waals surface area contributed by atoms with E-state index in [-0.39, 0.29) is 30.2 Å². The van der Waals surface area contributed by atoms with Crippen LogP contribution in [0.25, 0.3) is 33.6 Å². The number of aromatic nitrogens is 4. The number of hydrogen-bond acceptors (Lipinski definition) is 10. The van der Waals surface area contributed by atoms with Crippen molar-refractivity contribution < 1.29 is 38.2 Å². The van der Waals surface area contributed by atoms with Crippen LogP contribution in [0.3, 0.4) is 0 Å². The zero-order valence-electron chi connectivity index (χ0n) is 33.9. The van der Waals surface area contributed by atoms with E-state index in [0.29, 0.717) is 42.4 Å². The van der Waals surface area contributed by atoms with E-state index in [0.717, 1.165) is 47.2 Å². The first-order chi connectivity index (χ1) is 29.0. The quantitative estimate of drug-likeness (QED) is 0.0818. The second-order valence-corrected chi connectivity index (χ2v) is 14.8. The SMILES string of the molecule is COC(=O)N[C@@H](C)C(=O)N1CCCC1c1nc(-c2ccc(-c3ccc(-c4cnc([C@@H]5CCCN5C(=O)[C@@H](C)NC(=O)OC)[nH]4)cc3)cc2)c(C(=O)OCc2ccccc2)[nH]1. The normalized spacial score (nSPS) is 17.1. The van der Waals surface area contributed by atoms with Crippen molar-refractivity contribution in [2.45, 2.75) is 70.3 Å². The summed E-state index contributed by atoms with van der Waals surface area (Å²) in [4.78, 5) is 83.4. The van der Waals surface area contributed by atoms with Gasteiger partial charge in [0.2, 0.25) is 11.8 Å². The third-order valence-corrected chi connectivity index (χ3v) is 10.9. The molecule has 0 aliphatic carbocycles. The number of hydrogen-bond donors (Lipinski definition) is 4. The molecule has 4 heterocycles. The van der Waals surface area contributed by atoms with Gasteiger partial charge in [-0.15, -0.1) is 0 Å². The van der Waals surface area contributed by atoms with Crippen LogP contribution in [0.5, 0.6) is 0 Å². The number of aromatic amines is 2. The number of alkyl carbamates (subject to hydrolysis) is 2. The molecule has 60 heavy (non-hydrogen) atoms. The lowest BCUT2D eigenvalue weighted by Crippen LogP contribution is -2.46. The van der Waals surface area contributed by atoms with Gasteiger partial charge in [-0.3, -0.25) is 9.59 Å². The fourth-order valence-corrected chi connectivity index (χ4v) is 7.74. The zero-order valence-corrected chi connectivity index (χ0v) is 33.9. The van der Waals surface area contributed by atoms with Gasteiger partial charge in [-0.1, -0.05) is 78.9 Å². The maximum absolute atomic E-state index is 13.7. The van der Waals surface area contributed by atoms with Crippen LogP contribution in [0, 0.1) is 0 Å². The molecule has 16 heteroatoms. The van der Waals surface area contributed by atoms with Crippen molar-refractivity contribution in [3.8, 4) is 33.6 Å². The number of rotatable bonds is 12. The Morgan fingerprint density at radius 3 is 1.77 bits per heavy atom. The van der Waals surface area contributed by atoms with Gasteiger partial charge in [0.25, 0.3) is 0 Å². The van der Waals surface area contributed by atoms with Crippen LogP contribution >= 0.6 is 0 Å². The number of carbonyl (C=O) groups excluding carboxylic acids is 5. The summed E-state index contributed by atoms with van der Waals surface area (Å²) in [5.41, 5.74) is 5.72. The lowest BCUT2D eigenvalue weighted by molar-refractivity contribution is -0.134. The molecule has 2 aliphatic heterocycles. The Kier molecular flexibility index (Phi) is 12.6. The van der Waals surface area contributed by atoms with Crippen molar-refractivity contribution in [1.82, 2.24) is 40.4 Å². The molecule has 2 saturated heterocycles. The van der Waals surface area contributed by atoms with Crippen LogP contribution in [0.1, 0.15) is 79.3 Å². The third-order valence-electron chi connectivity index (χ3n) is 10.9. The Balaban J connectivity index is 1.09. The summed E-state index contributed by atoms with van der Waals surface area (Å²) < 4.78 is 15.1. The van der Waals surface area contributed by atoms with Gasteiger partial charge in [-0.25, -0.2) is 24.4 Å². The number of carbonyl (C=O) groups is 5. The molecule has 2 fully saturated rings. The number of imidazole rings is 2. The fraction of sp³-hybridized carbons (Fsp3) is 0.341. The van der Waals surface area contributed by atoms with E-state index in [4.69, 9.17) is 9.72 Å². The van der Waals surface area contributed by atoms with Gasteiger partial charge in [-0.05, 0) is 61.8 Å². The first-order valence-corrected chi connectivity index (χ1v) is 19.9. The number of esters is 1. The van der Waals surface area contributed by atoms with Crippen molar-refractivity contribution in [3.05, 3.63) is 108 Å². The predicted octanol–water partition coefficient (Wildman–Crippen LogP) is 6.31. The minimum Gasteiger partial charge on any atom is -0.456 e. The van der Waals surface area contributed by atoms with Crippen LogP contribution in [0.15, 0.2) is 85.1 Å². The number of benzene rings is 3. The van der Waals surface area contributed by atoms with E-state index in [1.165, 1.54) is 14.2 Å². The molecule has 2 aliphatic rings. The molecular weight excluding hydrogens is 769 g/mol. The molecule has 5 aromatic rings. The summed E-state index contributed by atoms with van der Waals surface area (Å²) in [6.07, 6.45) is 3.31. The highest BCUT2D eigenvalue weighted by molar-refractivity contribution is 5.95. The summed E-state index contributed by atoms with van der Waals surface area (Å²) in [6.45, 7) is 4.34. The molecule has 4 amide bonds. The largest absolute Gasteiger partial charge is 0.456 e. The lowest BCUT2D eigenvalue weighted by atomic mass is 10.0. The van der Waals surface area contributed by atoms with Crippen LogP contribution in [-0.4, -0.2) is 99.1 Å². The van der Waals surface area contributed by atoms with Crippen molar-refractivity contribution >= 4 is 30.0 Å². The van der Waals surface area contributed by atoms with Crippen LogP contribution in [0.4, 0.5) is 9.59 Å². The Morgan fingerprint density at radius 1 is 0.700 bits per heavy atom. The highest BCUT2D eigenvalue weighted by atomic mass is 16.5.